The lowest BCUT2D eigenvalue weighted by molar-refractivity contribution is -0.143. The number of carboxylic acids is 1. The molecule has 7 nitrogen and oxygen atoms in total. The third-order valence-corrected chi connectivity index (χ3v) is 5.39. The number of benzene rings is 1. The van der Waals surface area contributed by atoms with E-state index in [1.54, 1.807) is 7.11 Å². The van der Waals surface area contributed by atoms with Crippen LogP contribution in [0.25, 0.3) is 16.9 Å². The van der Waals surface area contributed by atoms with E-state index in [0.717, 1.165) is 41.4 Å². The Kier molecular flexibility index (Phi) is 4.92. The molecule has 0 amide bonds. The molecular formula is C21H24N4O3. The van der Waals surface area contributed by atoms with Crippen LogP contribution >= 0.6 is 0 Å². The summed E-state index contributed by atoms with van der Waals surface area (Å²) in [5.41, 5.74) is 10.5. The van der Waals surface area contributed by atoms with Crippen molar-refractivity contribution in [3.8, 4) is 17.0 Å². The first-order chi connectivity index (χ1) is 13.5. The van der Waals surface area contributed by atoms with Crippen molar-refractivity contribution in [3.05, 3.63) is 48.3 Å². The fourth-order valence-electron chi connectivity index (χ4n) is 3.81. The van der Waals surface area contributed by atoms with Crippen LogP contribution in [-0.2, 0) is 11.3 Å². The molecule has 1 aromatic carbocycles. The van der Waals surface area contributed by atoms with E-state index in [9.17, 15) is 9.90 Å². The number of rotatable bonds is 5. The first-order valence-corrected chi connectivity index (χ1v) is 9.41. The van der Waals surface area contributed by atoms with Crippen molar-refractivity contribution < 1.29 is 14.6 Å². The molecule has 0 saturated carbocycles. The molecule has 2 aromatic heterocycles. The zero-order chi connectivity index (χ0) is 19.7. The molecule has 0 unspecified atom stereocenters. The van der Waals surface area contributed by atoms with Crippen LogP contribution in [0.3, 0.4) is 0 Å². The Morgan fingerprint density at radius 3 is 2.79 bits per heavy atom. The lowest BCUT2D eigenvalue weighted by Crippen LogP contribution is -2.36. The highest BCUT2D eigenvalue weighted by molar-refractivity contribution is 5.70. The first kappa shape index (κ1) is 18.3. The summed E-state index contributed by atoms with van der Waals surface area (Å²) in [5.74, 6) is -0.159. The van der Waals surface area contributed by atoms with Gasteiger partial charge in [-0.3, -0.25) is 9.69 Å². The summed E-state index contributed by atoms with van der Waals surface area (Å²) in [6, 6.07) is 11.6. The molecule has 1 aliphatic rings. The maximum atomic E-state index is 11.2. The van der Waals surface area contributed by atoms with Crippen molar-refractivity contribution in [2.45, 2.75) is 19.4 Å². The van der Waals surface area contributed by atoms with Crippen LogP contribution < -0.4 is 10.5 Å². The van der Waals surface area contributed by atoms with E-state index in [1.807, 2.05) is 47.0 Å². The van der Waals surface area contributed by atoms with E-state index < -0.39 is 5.97 Å². The number of pyridine rings is 1. The van der Waals surface area contributed by atoms with Gasteiger partial charge >= 0.3 is 5.97 Å². The fraction of sp³-hybridized carbons (Fsp3) is 0.333. The number of nitrogens with zero attached hydrogens (tertiary/aromatic N) is 3. The quantitative estimate of drug-likeness (QED) is 0.707. The molecule has 146 valence electrons. The molecule has 28 heavy (non-hydrogen) atoms. The Labute approximate surface area is 163 Å². The molecule has 0 atom stereocenters. The Morgan fingerprint density at radius 2 is 2.07 bits per heavy atom. The summed E-state index contributed by atoms with van der Waals surface area (Å²) in [4.78, 5) is 18.4. The van der Waals surface area contributed by atoms with E-state index in [2.05, 4.69) is 4.90 Å². The highest BCUT2D eigenvalue weighted by Gasteiger charge is 2.26. The van der Waals surface area contributed by atoms with Crippen molar-refractivity contribution >= 4 is 17.3 Å². The van der Waals surface area contributed by atoms with Gasteiger partial charge in [0.25, 0.3) is 0 Å². The number of methoxy groups -OCH3 is 1. The van der Waals surface area contributed by atoms with Crippen molar-refractivity contribution in [3.63, 3.8) is 0 Å². The maximum absolute atomic E-state index is 11.2. The minimum absolute atomic E-state index is 0.244. The van der Waals surface area contributed by atoms with E-state index in [0.29, 0.717) is 25.1 Å². The lowest BCUT2D eigenvalue weighted by Gasteiger charge is -2.30. The van der Waals surface area contributed by atoms with Gasteiger partial charge in [-0.25, -0.2) is 4.98 Å². The van der Waals surface area contributed by atoms with Crippen molar-refractivity contribution in [1.82, 2.24) is 14.3 Å². The molecule has 0 bridgehead atoms. The largest absolute Gasteiger partial charge is 0.497 e. The van der Waals surface area contributed by atoms with Crippen molar-refractivity contribution in [1.29, 1.82) is 0 Å². The van der Waals surface area contributed by atoms with Gasteiger partial charge in [0.2, 0.25) is 0 Å². The molecule has 0 spiro atoms. The number of ether oxygens (including phenoxy) is 1. The van der Waals surface area contributed by atoms with Gasteiger partial charge in [-0.2, -0.15) is 0 Å². The normalized spacial score (nSPS) is 15.8. The second-order valence-corrected chi connectivity index (χ2v) is 7.22. The Balaban J connectivity index is 1.71. The number of hydrogen-bond donors (Lipinski definition) is 2. The second-order valence-electron chi connectivity index (χ2n) is 7.22. The number of hydrogen-bond acceptors (Lipinski definition) is 5. The first-order valence-electron chi connectivity index (χ1n) is 9.41. The van der Waals surface area contributed by atoms with Gasteiger partial charge < -0.3 is 20.0 Å². The molecule has 4 rings (SSSR count). The van der Waals surface area contributed by atoms with Gasteiger partial charge in [0.15, 0.2) is 0 Å². The molecule has 0 aliphatic carbocycles. The summed E-state index contributed by atoms with van der Waals surface area (Å²) in [6.45, 7) is 2.19. The fourth-order valence-corrected chi connectivity index (χ4v) is 3.81. The highest BCUT2D eigenvalue weighted by atomic mass is 16.5. The van der Waals surface area contributed by atoms with E-state index in [-0.39, 0.29) is 5.92 Å². The van der Waals surface area contributed by atoms with Crippen LogP contribution in [0.15, 0.2) is 42.6 Å². The van der Waals surface area contributed by atoms with Crippen LogP contribution in [0.1, 0.15) is 18.5 Å². The highest BCUT2D eigenvalue weighted by Crippen LogP contribution is 2.30. The monoisotopic (exact) mass is 380 g/mol. The van der Waals surface area contributed by atoms with Crippen LogP contribution in [0.5, 0.6) is 5.75 Å². The molecule has 1 fully saturated rings. The summed E-state index contributed by atoms with van der Waals surface area (Å²) >= 11 is 0. The van der Waals surface area contributed by atoms with Crippen LogP contribution in [0, 0.1) is 5.92 Å². The third-order valence-electron chi connectivity index (χ3n) is 5.39. The van der Waals surface area contributed by atoms with E-state index in [4.69, 9.17) is 15.5 Å². The number of nitrogens with two attached hydrogens (primary N) is 1. The van der Waals surface area contributed by atoms with Gasteiger partial charge in [-0.15, -0.1) is 0 Å². The van der Waals surface area contributed by atoms with E-state index >= 15 is 0 Å². The SMILES string of the molecule is COc1cccc(-c2nc3ccc(N)cn3c2CN2CCC(C(=O)O)CC2)c1. The maximum Gasteiger partial charge on any atom is 0.306 e. The molecule has 7 heteroatoms. The molecular weight excluding hydrogens is 356 g/mol. The number of imidazole rings is 1. The number of carboxylic acid groups (broad SMARTS) is 1. The van der Waals surface area contributed by atoms with Gasteiger partial charge in [0.05, 0.1) is 24.4 Å². The van der Waals surface area contributed by atoms with Crippen LogP contribution in [0.4, 0.5) is 5.69 Å². The van der Waals surface area contributed by atoms with E-state index in [1.165, 1.54) is 0 Å². The third kappa shape index (κ3) is 3.53. The molecule has 3 aromatic rings. The number of anilines is 1. The summed E-state index contributed by atoms with van der Waals surface area (Å²) in [6.07, 6.45) is 3.23. The summed E-state index contributed by atoms with van der Waals surface area (Å²) in [7, 11) is 1.65. The number of likely N-dealkylation sites (tertiary alicyclic amines) is 1. The predicted molar refractivity (Wildman–Crippen MR) is 107 cm³/mol. The number of fused-ring (bicyclic) bond motifs is 1. The Hall–Kier alpha value is -3.06. The van der Waals surface area contributed by atoms with Gasteiger partial charge in [0, 0.05) is 24.0 Å². The molecule has 1 aliphatic heterocycles. The molecule has 3 N–H and O–H groups in total. The molecule has 0 radical (unpaired) electrons. The average molecular weight is 380 g/mol. The van der Waals surface area contributed by atoms with Gasteiger partial charge in [-0.1, -0.05) is 12.1 Å². The smallest absolute Gasteiger partial charge is 0.306 e. The number of aliphatic carboxylic acids is 1. The Morgan fingerprint density at radius 1 is 1.29 bits per heavy atom. The second kappa shape index (κ2) is 7.52. The zero-order valence-corrected chi connectivity index (χ0v) is 15.8. The summed E-state index contributed by atoms with van der Waals surface area (Å²) in [5, 5.41) is 9.24. The summed E-state index contributed by atoms with van der Waals surface area (Å²) < 4.78 is 7.41. The zero-order valence-electron chi connectivity index (χ0n) is 15.8. The minimum Gasteiger partial charge on any atom is -0.497 e. The molecule has 3 heterocycles. The van der Waals surface area contributed by atoms with Crippen LogP contribution in [-0.4, -0.2) is 45.6 Å². The number of aromatic nitrogens is 2. The minimum atomic E-state index is -0.695. The van der Waals surface area contributed by atoms with Gasteiger partial charge in [0.1, 0.15) is 11.4 Å². The van der Waals surface area contributed by atoms with Gasteiger partial charge in [-0.05, 0) is 50.2 Å². The standard InChI is InChI=1S/C21H24N4O3/c1-28-17-4-2-3-15(11-17)20-18(25-12-16(22)5-6-19(25)23-20)13-24-9-7-14(8-10-24)21(26)27/h2-6,11-12,14H,7-10,13,22H2,1H3,(H,26,27). The number of piperidine rings is 1. The van der Waals surface area contributed by atoms with Crippen molar-refractivity contribution in [2.24, 2.45) is 5.92 Å². The predicted octanol–water partition coefficient (Wildman–Crippen LogP) is 2.89. The molecule has 1 saturated heterocycles. The average Bonchev–Trinajstić information content (AvgIpc) is 3.06. The number of nitrogen functional groups attached to an aromatic ring is 1. The van der Waals surface area contributed by atoms with Crippen molar-refractivity contribution in [2.75, 3.05) is 25.9 Å². The topological polar surface area (TPSA) is 93.1 Å². The number of carbonyl (C=O) groups is 1. The lowest BCUT2D eigenvalue weighted by atomic mass is 9.97. The Bertz CT molecular complexity index is 1010. The van der Waals surface area contributed by atoms with Crippen LogP contribution in [0.2, 0.25) is 0 Å².